The molecule has 2 heterocycles. The number of alkyl halides is 1. The highest BCUT2D eigenvalue weighted by atomic mass is 79.9. The van der Waals surface area contributed by atoms with E-state index in [1.807, 2.05) is 6.92 Å². The van der Waals surface area contributed by atoms with Crippen molar-refractivity contribution in [1.29, 1.82) is 0 Å². The molecule has 5 heteroatoms. The number of anilines is 1. The molecule has 20 heavy (non-hydrogen) atoms. The predicted molar refractivity (Wildman–Crippen MR) is 85.8 cm³/mol. The Morgan fingerprint density at radius 3 is 2.65 bits per heavy atom. The number of nitrogens with zero attached hydrogens (tertiary/aromatic N) is 3. The second-order valence-electron chi connectivity index (χ2n) is 5.64. The van der Waals surface area contributed by atoms with Crippen molar-refractivity contribution in [2.45, 2.75) is 45.6 Å². The van der Waals surface area contributed by atoms with Gasteiger partial charge in [0.15, 0.2) is 0 Å². The molecule has 1 aliphatic heterocycles. The van der Waals surface area contributed by atoms with Crippen LogP contribution in [0.2, 0.25) is 0 Å². The molecule has 0 atom stereocenters. The highest BCUT2D eigenvalue weighted by molar-refractivity contribution is 9.09. The van der Waals surface area contributed by atoms with Gasteiger partial charge in [-0.05, 0) is 31.7 Å². The van der Waals surface area contributed by atoms with Gasteiger partial charge in [-0.15, -0.1) is 0 Å². The Bertz CT molecular complexity index is 431. The van der Waals surface area contributed by atoms with Gasteiger partial charge in [0.25, 0.3) is 0 Å². The van der Waals surface area contributed by atoms with Crippen LogP contribution in [-0.4, -0.2) is 41.1 Å². The van der Waals surface area contributed by atoms with Gasteiger partial charge in [0.05, 0.1) is 12.7 Å². The van der Waals surface area contributed by atoms with Crippen LogP contribution < -0.4 is 4.90 Å². The van der Waals surface area contributed by atoms with E-state index in [0.717, 1.165) is 55.2 Å². The van der Waals surface area contributed by atoms with Crippen LogP contribution in [0.3, 0.4) is 0 Å². The van der Waals surface area contributed by atoms with Crippen molar-refractivity contribution in [2.75, 3.05) is 29.9 Å². The normalized spacial score (nSPS) is 16.9. The largest absolute Gasteiger partial charge is 0.377 e. The van der Waals surface area contributed by atoms with Crippen molar-refractivity contribution in [3.05, 3.63) is 17.5 Å². The molecular formula is C15H24BrN3O. The first kappa shape index (κ1) is 15.7. The Labute approximate surface area is 130 Å². The topological polar surface area (TPSA) is 38.2 Å². The summed E-state index contributed by atoms with van der Waals surface area (Å²) < 4.78 is 5.79. The summed E-state index contributed by atoms with van der Waals surface area (Å²) in [4.78, 5) is 11.6. The fraction of sp³-hybridized carbons (Fsp3) is 0.733. The molecule has 0 aliphatic carbocycles. The molecule has 2 rings (SSSR count). The molecule has 0 bridgehead atoms. The van der Waals surface area contributed by atoms with Gasteiger partial charge in [-0.1, -0.05) is 29.8 Å². The molecule has 1 aromatic rings. The molecule has 1 aliphatic rings. The number of aryl methyl sites for hydroxylation is 1. The number of aromatic nitrogens is 2. The number of ether oxygens (including phenoxy) is 1. The molecule has 0 saturated carbocycles. The van der Waals surface area contributed by atoms with E-state index < -0.39 is 0 Å². The fourth-order valence-electron chi connectivity index (χ4n) is 2.45. The monoisotopic (exact) mass is 341 g/mol. The Kier molecular flexibility index (Phi) is 5.78. The lowest BCUT2D eigenvalue weighted by Crippen LogP contribution is -2.38. The quantitative estimate of drug-likeness (QED) is 0.770. The van der Waals surface area contributed by atoms with Gasteiger partial charge in [0, 0.05) is 29.8 Å². The lowest BCUT2D eigenvalue weighted by atomic mass is 10.1. The zero-order valence-electron chi connectivity index (χ0n) is 12.6. The molecule has 0 N–H and O–H groups in total. The highest BCUT2D eigenvalue weighted by Gasteiger charge is 2.22. The summed E-state index contributed by atoms with van der Waals surface area (Å²) in [6, 6.07) is 2.08. The van der Waals surface area contributed by atoms with Crippen LogP contribution in [0.1, 0.15) is 44.0 Å². The summed E-state index contributed by atoms with van der Waals surface area (Å²) in [7, 11) is 0. The van der Waals surface area contributed by atoms with E-state index >= 15 is 0 Å². The van der Waals surface area contributed by atoms with Gasteiger partial charge in [0.1, 0.15) is 0 Å². The third kappa shape index (κ3) is 4.16. The number of rotatable bonds is 5. The summed E-state index contributed by atoms with van der Waals surface area (Å²) >= 11 is 3.40. The maximum absolute atomic E-state index is 5.79. The summed E-state index contributed by atoms with van der Waals surface area (Å²) in [5.74, 6) is 1.32. The molecule has 1 aromatic heterocycles. The number of halogens is 1. The van der Waals surface area contributed by atoms with E-state index in [4.69, 9.17) is 9.72 Å². The smallest absolute Gasteiger partial charge is 0.225 e. The third-order valence-electron chi connectivity index (χ3n) is 3.61. The fourth-order valence-corrected chi connectivity index (χ4v) is 2.63. The highest BCUT2D eigenvalue weighted by Crippen LogP contribution is 2.21. The molecule has 4 nitrogen and oxygen atoms in total. The minimum absolute atomic E-state index is 0.387. The van der Waals surface area contributed by atoms with Crippen LogP contribution in [0.5, 0.6) is 0 Å². The summed E-state index contributed by atoms with van der Waals surface area (Å²) in [5.41, 5.74) is 2.18. The van der Waals surface area contributed by atoms with Gasteiger partial charge < -0.3 is 9.64 Å². The van der Waals surface area contributed by atoms with Gasteiger partial charge in [0.2, 0.25) is 5.95 Å². The minimum Gasteiger partial charge on any atom is -0.377 e. The van der Waals surface area contributed by atoms with Crippen molar-refractivity contribution >= 4 is 21.9 Å². The van der Waals surface area contributed by atoms with Crippen LogP contribution in [0, 0.1) is 6.92 Å². The molecule has 0 aromatic carbocycles. The van der Waals surface area contributed by atoms with Crippen molar-refractivity contribution < 1.29 is 4.74 Å². The van der Waals surface area contributed by atoms with Gasteiger partial charge in [-0.3, -0.25) is 0 Å². The van der Waals surface area contributed by atoms with Gasteiger partial charge >= 0.3 is 0 Å². The van der Waals surface area contributed by atoms with Crippen molar-refractivity contribution in [3.63, 3.8) is 0 Å². The summed E-state index contributed by atoms with van der Waals surface area (Å²) in [5, 5.41) is 0.909. The predicted octanol–water partition coefficient (Wildman–Crippen LogP) is 3.29. The van der Waals surface area contributed by atoms with Gasteiger partial charge in [-0.2, -0.15) is 0 Å². The SMILES string of the molecule is Cc1cc(C(C)C)nc(N2CCC(OCCBr)CC2)n1. The van der Waals surface area contributed by atoms with Crippen molar-refractivity contribution in [2.24, 2.45) is 0 Å². The zero-order chi connectivity index (χ0) is 14.5. The Balaban J connectivity index is 1.99. The Morgan fingerprint density at radius 2 is 2.05 bits per heavy atom. The standard InChI is InChI=1S/C15H24BrN3O/c1-11(2)14-10-12(3)17-15(18-14)19-7-4-13(5-8-19)20-9-6-16/h10-11,13H,4-9H2,1-3H3. The Morgan fingerprint density at radius 1 is 1.35 bits per heavy atom. The van der Waals surface area contributed by atoms with Crippen LogP contribution >= 0.6 is 15.9 Å². The average Bonchev–Trinajstić information content (AvgIpc) is 2.45. The second kappa shape index (κ2) is 7.36. The van der Waals surface area contributed by atoms with Crippen LogP contribution in [-0.2, 0) is 4.74 Å². The van der Waals surface area contributed by atoms with Crippen LogP contribution in [0.15, 0.2) is 6.07 Å². The minimum atomic E-state index is 0.387. The maximum atomic E-state index is 5.79. The molecule has 0 unspecified atom stereocenters. The van der Waals surface area contributed by atoms with E-state index in [0.29, 0.717) is 12.0 Å². The van der Waals surface area contributed by atoms with Gasteiger partial charge in [-0.25, -0.2) is 9.97 Å². The first-order valence-corrected chi connectivity index (χ1v) is 8.50. The number of hydrogen-bond acceptors (Lipinski definition) is 4. The molecule has 1 saturated heterocycles. The first-order chi connectivity index (χ1) is 9.60. The number of piperidine rings is 1. The molecule has 0 radical (unpaired) electrons. The van der Waals surface area contributed by atoms with E-state index in [-0.39, 0.29) is 0 Å². The molecule has 112 valence electrons. The molecule has 1 fully saturated rings. The lowest BCUT2D eigenvalue weighted by Gasteiger charge is -2.32. The average molecular weight is 342 g/mol. The summed E-state index contributed by atoms with van der Waals surface area (Å²) in [6.45, 7) is 9.14. The molecular weight excluding hydrogens is 318 g/mol. The van der Waals surface area contributed by atoms with Crippen molar-refractivity contribution in [1.82, 2.24) is 9.97 Å². The lowest BCUT2D eigenvalue weighted by molar-refractivity contribution is 0.0479. The Hall–Kier alpha value is -0.680. The van der Waals surface area contributed by atoms with E-state index in [2.05, 4.69) is 45.7 Å². The van der Waals surface area contributed by atoms with E-state index in [9.17, 15) is 0 Å². The third-order valence-corrected chi connectivity index (χ3v) is 3.93. The maximum Gasteiger partial charge on any atom is 0.225 e. The zero-order valence-corrected chi connectivity index (χ0v) is 14.2. The van der Waals surface area contributed by atoms with E-state index in [1.54, 1.807) is 0 Å². The second-order valence-corrected chi connectivity index (χ2v) is 6.43. The molecule has 0 spiro atoms. The van der Waals surface area contributed by atoms with E-state index in [1.165, 1.54) is 0 Å². The van der Waals surface area contributed by atoms with Crippen LogP contribution in [0.25, 0.3) is 0 Å². The summed E-state index contributed by atoms with van der Waals surface area (Å²) in [6.07, 6.45) is 2.50. The van der Waals surface area contributed by atoms with Crippen LogP contribution in [0.4, 0.5) is 5.95 Å². The number of hydrogen-bond donors (Lipinski definition) is 0. The first-order valence-electron chi connectivity index (χ1n) is 7.38. The van der Waals surface area contributed by atoms with Crippen molar-refractivity contribution in [3.8, 4) is 0 Å². The molecule has 0 amide bonds.